The van der Waals surface area contributed by atoms with Gasteiger partial charge >= 0.3 is 30.8 Å². The number of nitrogens with two attached hydrogens (primary N) is 1. The van der Waals surface area contributed by atoms with Crippen LogP contribution in [-0.2, 0) is 48.3 Å². The number of rotatable bonds is 5. The third-order valence-electron chi connectivity index (χ3n) is 11.8. The van der Waals surface area contributed by atoms with Crippen LogP contribution in [0.2, 0.25) is 0 Å². The summed E-state index contributed by atoms with van der Waals surface area (Å²) in [7, 11) is 1.00. The molecule has 5 aliphatic heterocycles. The number of aliphatic hydroxyl groups excluding tert-OH is 1. The molecule has 0 aromatic heterocycles. The summed E-state index contributed by atoms with van der Waals surface area (Å²) in [6.45, 7) is 9.55. The Labute approximate surface area is 386 Å². The Hall–Kier alpha value is -2.84. The molecule has 322 valence electrons. The van der Waals surface area contributed by atoms with E-state index in [1.807, 2.05) is 60.7 Å². The predicted octanol–water partition coefficient (Wildman–Crippen LogP) is 1.17. The van der Waals surface area contributed by atoms with Crippen LogP contribution in [0.5, 0.6) is 0 Å². The van der Waals surface area contributed by atoms with Gasteiger partial charge in [-0.15, -0.1) is 12.4 Å². The second kappa shape index (κ2) is 25.9. The van der Waals surface area contributed by atoms with Crippen LogP contribution in [0.4, 0.5) is 0 Å². The maximum atomic E-state index is 11.7. The van der Waals surface area contributed by atoms with Gasteiger partial charge in [-0.05, 0) is 92.0 Å². The minimum absolute atomic E-state index is 0. The summed E-state index contributed by atoms with van der Waals surface area (Å²) < 4.78 is 9.19. The number of cyclic esters (lactones) is 2. The van der Waals surface area contributed by atoms with Crippen molar-refractivity contribution in [2.24, 2.45) is 53.1 Å². The van der Waals surface area contributed by atoms with Crippen molar-refractivity contribution in [1.29, 1.82) is 0 Å². The van der Waals surface area contributed by atoms with E-state index in [0.717, 1.165) is 68.9 Å². The Morgan fingerprint density at radius 2 is 1.05 bits per heavy atom. The Bertz CT molecular complexity index is 1710. The quantitative estimate of drug-likeness (QED) is 0.148. The number of fused-ring (bicyclic) bond motifs is 4. The Morgan fingerprint density at radius 3 is 1.37 bits per heavy atom. The molecule has 5 saturated heterocycles. The molecule has 14 heteroatoms. The average Bonchev–Trinajstić information content (AvgIpc) is 4.24. The summed E-state index contributed by atoms with van der Waals surface area (Å²) in [5.74, 6) is 3.65. The van der Waals surface area contributed by atoms with Crippen molar-refractivity contribution in [2.45, 2.75) is 58.2 Å². The molecule has 9 aliphatic rings. The molecule has 8 atom stereocenters. The van der Waals surface area contributed by atoms with E-state index in [-0.39, 0.29) is 97.5 Å². The zero-order valence-corrected chi connectivity index (χ0v) is 35.5. The third-order valence-corrected chi connectivity index (χ3v) is 11.8. The average molecular weight is 855 g/mol. The molecule has 8 unspecified atom stereocenters. The van der Waals surface area contributed by atoms with Crippen LogP contribution in [0.3, 0.4) is 0 Å². The van der Waals surface area contributed by atoms with Gasteiger partial charge in [-0.1, -0.05) is 91.0 Å². The van der Waals surface area contributed by atoms with Crippen molar-refractivity contribution in [3.8, 4) is 0 Å². The molecule has 0 bridgehead atoms. The SMILES string of the molecule is C1CCOC1.C1NCC2CC12.CO.Cl.NCc1ccccc1.O=C1C2CC2C(=O)N1Cc1ccccc1.O=C1OC(=O)C2CC12.[AlH3].[H-].[Li+].c1ccc(CN2CC3CC3C2)cc1. The molecule has 4 saturated carbocycles. The summed E-state index contributed by atoms with van der Waals surface area (Å²) in [4.78, 5) is 48.1. The van der Waals surface area contributed by atoms with Crippen molar-refractivity contribution in [3.63, 3.8) is 0 Å². The molecule has 5 heterocycles. The van der Waals surface area contributed by atoms with E-state index in [1.54, 1.807) is 0 Å². The first kappa shape index (κ1) is 51.5. The predicted molar refractivity (Wildman–Crippen MR) is 235 cm³/mol. The van der Waals surface area contributed by atoms with Gasteiger partial charge in [0.15, 0.2) is 17.4 Å². The zero-order valence-electron chi connectivity index (χ0n) is 35.7. The van der Waals surface area contributed by atoms with Gasteiger partial charge in [0.1, 0.15) is 0 Å². The van der Waals surface area contributed by atoms with Gasteiger partial charge in [0.2, 0.25) is 11.8 Å². The number of nitrogens with one attached hydrogen (secondary N) is 1. The monoisotopic (exact) mass is 854 g/mol. The van der Waals surface area contributed by atoms with Gasteiger partial charge in [0.05, 0.1) is 30.2 Å². The van der Waals surface area contributed by atoms with E-state index in [4.69, 9.17) is 15.6 Å². The van der Waals surface area contributed by atoms with Crippen LogP contribution in [0, 0.1) is 47.3 Å². The van der Waals surface area contributed by atoms with Crippen molar-refractivity contribution < 1.29 is 54.0 Å². The molecule has 4 aliphatic carbocycles. The molecule has 3 aromatic rings. The molecule has 9 fully saturated rings. The molecular weight excluding hydrogens is 790 g/mol. The number of amides is 2. The standard InChI is InChI=1S/C12H11NO2.C12H15N.C7H9N.C5H9N.C5H4O3.C4H8O.CH4O.Al.ClH.Li.4H/c14-11-9-6-10(9)12(15)13(11)7-8-4-2-1-3-5-8;1-2-4-10(5-3-1)7-13-8-11-6-12(11)9-13;8-6-7-4-2-1-3-5-7;1-4-2-6-3-5(1)4;6-4-2-1-3(2)5(7)8-4;1-2-4-5-3-1;1-2;;;;;;;/h1-5,9-10H,6-7H2;1-5,11-12H,6-9H2;1-5H,6,8H2;4-6H,1-3H2;2-3H,1H2;1-4H2;2H,1H3;;1H;;;;;/q;;;;;;;;;+1;;;;-1. The fraction of sp³-hybridized carbons (Fsp3) is 0.522. The number of nitrogens with zero attached hydrogens (tertiary/aromatic N) is 2. The molecule has 2 amide bonds. The molecular formula is C46H65AlClLiN4O7. The van der Waals surface area contributed by atoms with E-state index >= 15 is 0 Å². The Kier molecular flexibility index (Phi) is 22.3. The van der Waals surface area contributed by atoms with Gasteiger partial charge < -0.3 is 27.1 Å². The van der Waals surface area contributed by atoms with Crippen molar-refractivity contribution in [3.05, 3.63) is 108 Å². The van der Waals surface area contributed by atoms with Gasteiger partial charge in [0.25, 0.3) is 0 Å². The van der Waals surface area contributed by atoms with Crippen LogP contribution >= 0.6 is 12.4 Å². The van der Waals surface area contributed by atoms with E-state index in [1.165, 1.54) is 67.9 Å². The van der Waals surface area contributed by atoms with E-state index < -0.39 is 0 Å². The molecule has 0 spiro atoms. The van der Waals surface area contributed by atoms with Crippen LogP contribution in [0.25, 0.3) is 0 Å². The van der Waals surface area contributed by atoms with Gasteiger partial charge in [-0.25, -0.2) is 0 Å². The summed E-state index contributed by atoms with van der Waals surface area (Å²) in [5.41, 5.74) is 9.01. The summed E-state index contributed by atoms with van der Waals surface area (Å²) in [5, 5.41) is 10.3. The number of hydrogen-bond acceptors (Lipinski definition) is 10. The number of likely N-dealkylation sites (tertiary alicyclic amines) is 2. The second-order valence-electron chi connectivity index (χ2n) is 16.2. The van der Waals surface area contributed by atoms with E-state index in [2.05, 4.69) is 45.3 Å². The number of halogens is 1. The summed E-state index contributed by atoms with van der Waals surface area (Å²) in [6.07, 6.45) is 7.10. The minimum atomic E-state index is -0.319. The Morgan fingerprint density at radius 1 is 0.633 bits per heavy atom. The van der Waals surface area contributed by atoms with E-state index in [0.29, 0.717) is 13.1 Å². The number of imide groups is 1. The largest absolute Gasteiger partial charge is 1.00 e. The van der Waals surface area contributed by atoms with Crippen molar-refractivity contribution in [2.75, 3.05) is 46.5 Å². The Balaban J connectivity index is 0.000000256. The molecule has 4 N–H and O–H groups in total. The maximum absolute atomic E-state index is 11.7. The molecule has 12 rings (SSSR count). The number of carbonyl (C=O) groups is 4. The number of benzene rings is 3. The number of aliphatic hydroxyl groups is 1. The number of ether oxygens (including phenoxy) is 2. The second-order valence-corrected chi connectivity index (χ2v) is 16.2. The van der Waals surface area contributed by atoms with E-state index in [9.17, 15) is 19.2 Å². The number of hydrogen-bond donors (Lipinski definition) is 3. The van der Waals surface area contributed by atoms with Gasteiger partial charge in [-0.3, -0.25) is 29.0 Å². The van der Waals surface area contributed by atoms with Gasteiger partial charge in [-0.2, -0.15) is 0 Å². The fourth-order valence-electron chi connectivity index (χ4n) is 7.99. The molecule has 60 heavy (non-hydrogen) atoms. The van der Waals surface area contributed by atoms with Crippen LogP contribution < -0.4 is 29.9 Å². The molecule has 11 nitrogen and oxygen atoms in total. The third kappa shape index (κ3) is 15.5. The molecule has 3 aromatic carbocycles. The zero-order chi connectivity index (χ0) is 40.1. The van der Waals surface area contributed by atoms with Crippen LogP contribution in [0.15, 0.2) is 91.0 Å². The summed E-state index contributed by atoms with van der Waals surface area (Å²) in [6, 6.07) is 30.4. The van der Waals surface area contributed by atoms with Crippen LogP contribution in [0.1, 0.15) is 56.6 Å². The van der Waals surface area contributed by atoms with Crippen LogP contribution in [-0.4, -0.2) is 103 Å². The first-order valence-electron chi connectivity index (χ1n) is 20.8. The fourth-order valence-corrected chi connectivity index (χ4v) is 7.99. The number of esters is 2. The normalized spacial score (nSPS) is 27.9. The van der Waals surface area contributed by atoms with Gasteiger partial charge in [0, 0.05) is 46.5 Å². The minimum Gasteiger partial charge on any atom is -1.00 e. The van der Waals surface area contributed by atoms with Crippen molar-refractivity contribution >= 4 is 53.5 Å². The summed E-state index contributed by atoms with van der Waals surface area (Å²) >= 11 is 0. The first-order chi connectivity index (χ1) is 27.9. The topological polar surface area (TPSA) is 151 Å². The first-order valence-corrected chi connectivity index (χ1v) is 20.8. The van der Waals surface area contributed by atoms with Crippen molar-refractivity contribution in [1.82, 2.24) is 15.1 Å². The molecule has 0 radical (unpaired) electrons. The smallest absolute Gasteiger partial charge is 1.00 e. The maximum Gasteiger partial charge on any atom is 1.00 e. The number of piperidine rings is 3. The number of carbonyl (C=O) groups excluding carboxylic acids is 4.